The number of aromatic nitrogens is 1. The second kappa shape index (κ2) is 5.62. The molecule has 0 bridgehead atoms. The Labute approximate surface area is 102 Å². The number of hydrogen-bond acceptors (Lipinski definition) is 3. The van der Waals surface area contributed by atoms with Gasteiger partial charge in [0.15, 0.2) is 5.78 Å². The largest absolute Gasteiger partial charge is 0.375 e. The minimum Gasteiger partial charge on any atom is -0.375 e. The van der Waals surface area contributed by atoms with E-state index in [1.807, 2.05) is 6.92 Å². The molecule has 3 heteroatoms. The van der Waals surface area contributed by atoms with Crippen LogP contribution in [0.2, 0.25) is 0 Å². The Balaban J connectivity index is 2.05. The number of nitrogens with zero attached hydrogens (tertiary/aromatic N) is 2. The van der Waals surface area contributed by atoms with Crippen molar-refractivity contribution < 1.29 is 4.79 Å². The van der Waals surface area contributed by atoms with E-state index in [1.54, 1.807) is 30.6 Å². The molecule has 90 valence electrons. The van der Waals surface area contributed by atoms with Gasteiger partial charge in [-0.25, -0.2) is 0 Å². The van der Waals surface area contributed by atoms with Gasteiger partial charge in [0.2, 0.25) is 0 Å². The van der Waals surface area contributed by atoms with Crippen LogP contribution in [0, 0.1) is 0 Å². The van der Waals surface area contributed by atoms with Crippen molar-refractivity contribution in [3.8, 4) is 0 Å². The molecule has 0 unspecified atom stereocenters. The van der Waals surface area contributed by atoms with Crippen LogP contribution in [0.3, 0.4) is 0 Å². The molecule has 2 rings (SSSR count). The zero-order valence-corrected chi connectivity index (χ0v) is 10.2. The van der Waals surface area contributed by atoms with E-state index in [4.69, 9.17) is 0 Å². The monoisotopic (exact) mass is 230 g/mol. The number of pyridine rings is 1. The summed E-state index contributed by atoms with van der Waals surface area (Å²) >= 11 is 0. The summed E-state index contributed by atoms with van der Waals surface area (Å²) in [5, 5.41) is 0. The van der Waals surface area contributed by atoms with Crippen molar-refractivity contribution >= 4 is 5.78 Å². The lowest BCUT2D eigenvalue weighted by molar-refractivity contribution is 0.104. The third-order valence-corrected chi connectivity index (χ3v) is 3.14. The van der Waals surface area contributed by atoms with Gasteiger partial charge in [0.25, 0.3) is 0 Å². The van der Waals surface area contributed by atoms with Crippen LogP contribution in [0.4, 0.5) is 0 Å². The van der Waals surface area contributed by atoms with Crippen molar-refractivity contribution in [2.24, 2.45) is 0 Å². The number of carbonyl (C=O) groups excluding carboxylic acids is 1. The van der Waals surface area contributed by atoms with E-state index in [2.05, 4.69) is 9.88 Å². The number of hydrogen-bond donors (Lipinski definition) is 0. The van der Waals surface area contributed by atoms with E-state index in [-0.39, 0.29) is 5.78 Å². The Kier molecular flexibility index (Phi) is 3.91. The van der Waals surface area contributed by atoms with E-state index in [9.17, 15) is 4.79 Å². The molecule has 1 aromatic rings. The van der Waals surface area contributed by atoms with Crippen LogP contribution in [-0.2, 0) is 0 Å². The van der Waals surface area contributed by atoms with Crippen LogP contribution in [0.15, 0.2) is 36.3 Å². The van der Waals surface area contributed by atoms with E-state index in [0.717, 1.165) is 18.8 Å². The highest BCUT2D eigenvalue weighted by Crippen LogP contribution is 2.14. The van der Waals surface area contributed by atoms with Crippen molar-refractivity contribution in [3.05, 3.63) is 41.9 Å². The molecule has 0 radical (unpaired) electrons. The summed E-state index contributed by atoms with van der Waals surface area (Å²) in [7, 11) is 0. The van der Waals surface area contributed by atoms with Crippen molar-refractivity contribution in [3.63, 3.8) is 0 Å². The van der Waals surface area contributed by atoms with Gasteiger partial charge in [-0.05, 0) is 38.3 Å². The summed E-state index contributed by atoms with van der Waals surface area (Å²) in [5.74, 6) is 0.0428. The fourth-order valence-electron chi connectivity index (χ4n) is 2.12. The Morgan fingerprint density at radius 2 is 2.12 bits per heavy atom. The van der Waals surface area contributed by atoms with Crippen LogP contribution in [0.1, 0.15) is 36.5 Å². The molecule has 1 saturated heterocycles. The summed E-state index contributed by atoms with van der Waals surface area (Å²) in [4.78, 5) is 18.2. The molecule has 1 aromatic heterocycles. The number of ketones is 1. The molecule has 3 nitrogen and oxygen atoms in total. The van der Waals surface area contributed by atoms with Crippen molar-refractivity contribution in [1.29, 1.82) is 0 Å². The third kappa shape index (κ3) is 3.16. The molecule has 1 fully saturated rings. The molecule has 17 heavy (non-hydrogen) atoms. The predicted molar refractivity (Wildman–Crippen MR) is 67.7 cm³/mol. The zero-order valence-electron chi connectivity index (χ0n) is 10.2. The molecule has 1 aliphatic heterocycles. The Hall–Kier alpha value is -1.64. The maximum Gasteiger partial charge on any atom is 0.189 e. The van der Waals surface area contributed by atoms with E-state index in [1.165, 1.54) is 19.3 Å². The standard InChI is InChI=1S/C14H18N2O/c1-12(16-8-3-2-4-9-16)10-14(17)13-6-5-7-15-11-13/h5-7,10-11H,2-4,8-9H2,1H3/b12-10+. The van der Waals surface area contributed by atoms with Gasteiger partial charge in [-0.2, -0.15) is 0 Å². The summed E-state index contributed by atoms with van der Waals surface area (Å²) in [6.07, 6.45) is 8.78. The molecule has 0 spiro atoms. The van der Waals surface area contributed by atoms with E-state index >= 15 is 0 Å². The van der Waals surface area contributed by atoms with Crippen LogP contribution >= 0.6 is 0 Å². The molecule has 0 aromatic carbocycles. The maximum absolute atomic E-state index is 12.0. The second-order valence-corrected chi connectivity index (χ2v) is 4.44. The normalized spacial score (nSPS) is 17.0. The lowest BCUT2D eigenvalue weighted by Crippen LogP contribution is -2.28. The first-order valence-electron chi connectivity index (χ1n) is 6.15. The highest BCUT2D eigenvalue weighted by molar-refractivity contribution is 6.04. The Bertz CT molecular complexity index is 405. The minimum absolute atomic E-state index is 0.0428. The smallest absolute Gasteiger partial charge is 0.189 e. The molecule has 2 heterocycles. The summed E-state index contributed by atoms with van der Waals surface area (Å²) < 4.78 is 0. The van der Waals surface area contributed by atoms with E-state index < -0.39 is 0 Å². The molecule has 0 saturated carbocycles. The van der Waals surface area contributed by atoms with Gasteiger partial charge in [0.05, 0.1) is 0 Å². The predicted octanol–water partition coefficient (Wildman–Crippen LogP) is 2.65. The number of carbonyl (C=O) groups is 1. The van der Waals surface area contributed by atoms with Crippen LogP contribution < -0.4 is 0 Å². The van der Waals surface area contributed by atoms with Gasteiger partial charge in [-0.1, -0.05) is 0 Å². The quantitative estimate of drug-likeness (QED) is 0.591. The SMILES string of the molecule is C/C(=C\C(=O)c1cccnc1)N1CCCCC1. The van der Waals surface area contributed by atoms with Gasteiger partial charge in [0, 0.05) is 42.8 Å². The first-order valence-corrected chi connectivity index (χ1v) is 6.15. The third-order valence-electron chi connectivity index (χ3n) is 3.14. The topological polar surface area (TPSA) is 33.2 Å². The lowest BCUT2D eigenvalue weighted by atomic mass is 10.1. The zero-order chi connectivity index (χ0) is 12.1. The molecule has 0 aliphatic carbocycles. The van der Waals surface area contributed by atoms with Crippen molar-refractivity contribution in [2.45, 2.75) is 26.2 Å². The first-order chi connectivity index (χ1) is 8.27. The fourth-order valence-corrected chi connectivity index (χ4v) is 2.12. The molecule has 1 aliphatic rings. The molecular formula is C14H18N2O. The van der Waals surface area contributed by atoms with Crippen molar-refractivity contribution in [1.82, 2.24) is 9.88 Å². The first kappa shape index (κ1) is 11.8. The number of rotatable bonds is 3. The van der Waals surface area contributed by atoms with Gasteiger partial charge in [-0.3, -0.25) is 9.78 Å². The Morgan fingerprint density at radius 1 is 1.35 bits per heavy atom. The van der Waals surface area contributed by atoms with Gasteiger partial charge >= 0.3 is 0 Å². The minimum atomic E-state index is 0.0428. The molecule has 0 amide bonds. The maximum atomic E-state index is 12.0. The van der Waals surface area contributed by atoms with E-state index in [0.29, 0.717) is 5.56 Å². The summed E-state index contributed by atoms with van der Waals surface area (Å²) in [5.41, 5.74) is 1.72. The molecule has 0 N–H and O–H groups in total. The van der Waals surface area contributed by atoms with Crippen LogP contribution in [-0.4, -0.2) is 28.8 Å². The highest BCUT2D eigenvalue weighted by atomic mass is 16.1. The second-order valence-electron chi connectivity index (χ2n) is 4.44. The average Bonchev–Trinajstić information content (AvgIpc) is 2.40. The highest BCUT2D eigenvalue weighted by Gasteiger charge is 2.11. The summed E-state index contributed by atoms with van der Waals surface area (Å²) in [6.45, 7) is 4.16. The number of piperidine rings is 1. The average molecular weight is 230 g/mol. The van der Waals surface area contributed by atoms with Crippen LogP contribution in [0.25, 0.3) is 0 Å². The Morgan fingerprint density at radius 3 is 2.76 bits per heavy atom. The van der Waals surface area contributed by atoms with Crippen molar-refractivity contribution in [2.75, 3.05) is 13.1 Å². The fraction of sp³-hybridized carbons (Fsp3) is 0.429. The summed E-state index contributed by atoms with van der Waals surface area (Å²) in [6, 6.07) is 3.59. The van der Waals surface area contributed by atoms with Crippen LogP contribution in [0.5, 0.6) is 0 Å². The number of allylic oxidation sites excluding steroid dienone is 2. The van der Waals surface area contributed by atoms with Gasteiger partial charge in [0.1, 0.15) is 0 Å². The van der Waals surface area contributed by atoms with Gasteiger partial charge < -0.3 is 4.90 Å². The lowest BCUT2D eigenvalue weighted by Gasteiger charge is -2.29. The van der Waals surface area contributed by atoms with Gasteiger partial charge in [-0.15, -0.1) is 0 Å². The molecule has 0 atom stereocenters. The number of likely N-dealkylation sites (tertiary alicyclic amines) is 1. The molecular weight excluding hydrogens is 212 g/mol.